The van der Waals surface area contributed by atoms with E-state index in [2.05, 4.69) is 13.8 Å². The molecule has 0 spiro atoms. The molecule has 0 bridgehead atoms. The van der Waals surface area contributed by atoms with Crippen LogP contribution >= 0.6 is 7.82 Å². The third-order valence-corrected chi connectivity index (χ3v) is 14.2. The zero-order chi connectivity index (χ0) is 48.5. The lowest BCUT2D eigenvalue weighted by molar-refractivity contribution is -0.220. The SMILES string of the molecule is CCCCCCCCCCCCCCCCCCCCCCCC(=O)OC[C@@H](COP(=O)(O)OC1C(O)C(O)C(O)[C@H](O)C1O)OC(=O)CCCCCCCCCCCCCCCCCC. The second-order valence-electron chi connectivity index (χ2n) is 19.5. The van der Waals surface area contributed by atoms with Crippen LogP contribution in [-0.2, 0) is 32.7 Å². The maximum absolute atomic E-state index is 12.9. The Morgan fingerprint density at radius 3 is 1.00 bits per heavy atom. The predicted octanol–water partition coefficient (Wildman–Crippen LogP) is 12.0. The fourth-order valence-corrected chi connectivity index (χ4v) is 9.79. The topological polar surface area (TPSA) is 210 Å². The first-order chi connectivity index (χ1) is 31.9. The van der Waals surface area contributed by atoms with Gasteiger partial charge in [0, 0.05) is 12.8 Å². The van der Waals surface area contributed by atoms with Gasteiger partial charge in [0.2, 0.25) is 0 Å². The van der Waals surface area contributed by atoms with Crippen LogP contribution in [0.4, 0.5) is 0 Å². The van der Waals surface area contributed by atoms with E-state index in [1.165, 1.54) is 186 Å². The van der Waals surface area contributed by atoms with Gasteiger partial charge in [-0.15, -0.1) is 0 Å². The fraction of sp³-hybridized carbons (Fsp3) is 0.962. The van der Waals surface area contributed by atoms with Gasteiger partial charge < -0.3 is 39.9 Å². The molecule has 1 aliphatic carbocycles. The highest BCUT2D eigenvalue weighted by atomic mass is 31.2. The Bertz CT molecular complexity index is 1160. The van der Waals surface area contributed by atoms with E-state index in [-0.39, 0.29) is 12.8 Å². The highest BCUT2D eigenvalue weighted by Crippen LogP contribution is 2.47. The summed E-state index contributed by atoms with van der Waals surface area (Å²) in [5, 5.41) is 50.3. The van der Waals surface area contributed by atoms with E-state index < -0.39 is 75.7 Å². The van der Waals surface area contributed by atoms with E-state index in [4.69, 9.17) is 18.5 Å². The van der Waals surface area contributed by atoms with Crippen LogP contribution in [0.2, 0.25) is 0 Å². The van der Waals surface area contributed by atoms with Crippen LogP contribution in [0, 0.1) is 0 Å². The first-order valence-electron chi connectivity index (χ1n) is 27.3. The van der Waals surface area contributed by atoms with E-state index in [1.807, 2.05) is 0 Å². The van der Waals surface area contributed by atoms with Gasteiger partial charge in [-0.1, -0.05) is 239 Å². The van der Waals surface area contributed by atoms with Gasteiger partial charge in [-0.2, -0.15) is 0 Å². The molecule has 0 aromatic heterocycles. The molecule has 0 aliphatic heterocycles. The summed E-state index contributed by atoms with van der Waals surface area (Å²) in [5.41, 5.74) is 0. The number of unbranched alkanes of at least 4 members (excludes halogenated alkanes) is 35. The Morgan fingerprint density at radius 1 is 0.409 bits per heavy atom. The summed E-state index contributed by atoms with van der Waals surface area (Å²) in [4.78, 5) is 35.9. The highest BCUT2D eigenvalue weighted by Gasteiger charge is 2.51. The number of phosphoric ester groups is 1. The molecule has 8 atom stereocenters. The van der Waals surface area contributed by atoms with E-state index >= 15 is 0 Å². The minimum atomic E-state index is -5.12. The van der Waals surface area contributed by atoms with Gasteiger partial charge in [-0.25, -0.2) is 4.57 Å². The molecule has 6 N–H and O–H groups in total. The molecule has 66 heavy (non-hydrogen) atoms. The summed E-state index contributed by atoms with van der Waals surface area (Å²) in [7, 11) is -5.12. The van der Waals surface area contributed by atoms with E-state index in [1.54, 1.807) is 0 Å². The van der Waals surface area contributed by atoms with Crippen LogP contribution in [-0.4, -0.2) is 98.3 Å². The molecule has 1 aliphatic rings. The van der Waals surface area contributed by atoms with Gasteiger partial charge in [-0.3, -0.25) is 18.6 Å². The lowest BCUT2D eigenvalue weighted by Crippen LogP contribution is -2.64. The third-order valence-electron chi connectivity index (χ3n) is 13.2. The van der Waals surface area contributed by atoms with Crippen LogP contribution in [0.25, 0.3) is 0 Å². The Labute approximate surface area is 401 Å². The largest absolute Gasteiger partial charge is 0.472 e. The van der Waals surface area contributed by atoms with Gasteiger partial charge in [0.1, 0.15) is 43.2 Å². The molecular weight excluding hydrogens is 864 g/mol. The molecule has 392 valence electrons. The maximum atomic E-state index is 12.9. The number of carbonyl (C=O) groups excluding carboxylic acids is 2. The number of hydrogen-bond donors (Lipinski definition) is 6. The first-order valence-corrected chi connectivity index (χ1v) is 28.8. The summed E-state index contributed by atoms with van der Waals surface area (Å²) in [6.45, 7) is 3.36. The van der Waals surface area contributed by atoms with Gasteiger partial charge in [0.05, 0.1) is 6.61 Å². The average molecular weight is 965 g/mol. The van der Waals surface area contributed by atoms with E-state index in [0.717, 1.165) is 38.5 Å². The van der Waals surface area contributed by atoms with Crippen molar-refractivity contribution in [2.45, 2.75) is 307 Å². The van der Waals surface area contributed by atoms with Gasteiger partial charge in [0.15, 0.2) is 6.10 Å². The normalized spacial score (nSPS) is 21.2. The van der Waals surface area contributed by atoms with Gasteiger partial charge in [0.25, 0.3) is 0 Å². The number of rotatable bonds is 47. The molecule has 0 aromatic carbocycles. The molecular formula is C52H101O13P. The van der Waals surface area contributed by atoms with Crippen molar-refractivity contribution in [3.63, 3.8) is 0 Å². The second kappa shape index (κ2) is 42.7. The molecule has 0 heterocycles. The molecule has 1 saturated carbocycles. The highest BCUT2D eigenvalue weighted by molar-refractivity contribution is 7.47. The van der Waals surface area contributed by atoms with Crippen molar-refractivity contribution in [3.8, 4) is 0 Å². The Morgan fingerprint density at radius 2 is 0.682 bits per heavy atom. The number of phosphoric acid groups is 1. The zero-order valence-corrected chi connectivity index (χ0v) is 42.9. The van der Waals surface area contributed by atoms with E-state index in [0.29, 0.717) is 12.8 Å². The number of esters is 2. The van der Waals surface area contributed by atoms with Crippen molar-refractivity contribution in [1.82, 2.24) is 0 Å². The second-order valence-corrected chi connectivity index (χ2v) is 20.9. The molecule has 0 amide bonds. The third kappa shape index (κ3) is 34.2. The van der Waals surface area contributed by atoms with Crippen molar-refractivity contribution < 1.29 is 63.1 Å². The lowest BCUT2D eigenvalue weighted by Gasteiger charge is -2.41. The van der Waals surface area contributed by atoms with Crippen LogP contribution in [0.15, 0.2) is 0 Å². The molecule has 6 unspecified atom stereocenters. The number of aliphatic hydroxyl groups is 5. The number of hydrogen-bond acceptors (Lipinski definition) is 12. The Kier molecular flexibility index (Phi) is 40.7. The predicted molar refractivity (Wildman–Crippen MR) is 263 cm³/mol. The lowest BCUT2D eigenvalue weighted by atomic mass is 9.85. The standard InChI is InChI=1S/C52H101O13P/c1-3-5-7-9-11-13-15-17-19-21-22-23-24-25-27-28-30-32-34-36-38-40-45(53)62-42-44(43-63-66(60,61)65-52-50(58)48(56)47(55)49(57)51(52)59)64-46(54)41-39-37-35-33-31-29-26-20-18-16-14-12-10-8-6-4-2/h44,47-52,55-59H,3-43H2,1-2H3,(H,60,61)/t44-,47?,48-,49?,50?,51?,52?/m0/s1. The van der Waals surface area contributed by atoms with Crippen molar-refractivity contribution >= 4 is 19.8 Å². The van der Waals surface area contributed by atoms with Crippen molar-refractivity contribution in [2.24, 2.45) is 0 Å². The number of ether oxygens (including phenoxy) is 2. The van der Waals surface area contributed by atoms with Crippen molar-refractivity contribution in [3.05, 3.63) is 0 Å². The molecule has 14 heteroatoms. The summed E-state index contributed by atoms with van der Waals surface area (Å²) >= 11 is 0. The molecule has 0 saturated heterocycles. The molecule has 13 nitrogen and oxygen atoms in total. The average Bonchev–Trinajstić information content (AvgIpc) is 3.30. The maximum Gasteiger partial charge on any atom is 0.472 e. The van der Waals surface area contributed by atoms with Crippen molar-refractivity contribution in [2.75, 3.05) is 13.2 Å². The van der Waals surface area contributed by atoms with Gasteiger partial charge >= 0.3 is 19.8 Å². The fourth-order valence-electron chi connectivity index (χ4n) is 8.82. The Balaban J connectivity index is 2.33. The van der Waals surface area contributed by atoms with Crippen molar-refractivity contribution in [1.29, 1.82) is 0 Å². The van der Waals surface area contributed by atoms with Crippen LogP contribution in [0.5, 0.6) is 0 Å². The summed E-state index contributed by atoms with van der Waals surface area (Å²) in [5.74, 6) is -1.08. The summed E-state index contributed by atoms with van der Waals surface area (Å²) in [6, 6.07) is 0. The molecule has 0 radical (unpaired) electrons. The number of carbonyl (C=O) groups is 2. The summed E-state index contributed by atoms with van der Waals surface area (Å²) < 4.78 is 33.7. The minimum absolute atomic E-state index is 0.105. The van der Waals surface area contributed by atoms with Crippen LogP contribution in [0.3, 0.4) is 0 Å². The smallest absolute Gasteiger partial charge is 0.462 e. The van der Waals surface area contributed by atoms with Crippen LogP contribution in [0.1, 0.15) is 264 Å². The van der Waals surface area contributed by atoms with Crippen LogP contribution < -0.4 is 0 Å². The first kappa shape index (κ1) is 62.9. The number of aliphatic hydroxyl groups excluding tert-OH is 5. The monoisotopic (exact) mass is 965 g/mol. The minimum Gasteiger partial charge on any atom is -0.462 e. The zero-order valence-electron chi connectivity index (χ0n) is 42.0. The quantitative estimate of drug-likeness (QED) is 0.0191. The van der Waals surface area contributed by atoms with Gasteiger partial charge in [-0.05, 0) is 12.8 Å². The molecule has 1 rings (SSSR count). The molecule has 1 fully saturated rings. The molecule has 0 aromatic rings. The van der Waals surface area contributed by atoms with E-state index in [9.17, 15) is 44.6 Å². The Hall–Kier alpha value is -1.15. The summed E-state index contributed by atoms with van der Waals surface area (Å²) in [6.07, 6.45) is 32.9.